The van der Waals surface area contributed by atoms with Gasteiger partial charge in [-0.1, -0.05) is 26.2 Å². The molecule has 2 saturated carbocycles. The molecule has 2 nitrogen and oxygen atoms in total. The van der Waals surface area contributed by atoms with E-state index in [0.29, 0.717) is 49.0 Å². The van der Waals surface area contributed by atoms with Crippen LogP contribution >= 0.6 is 0 Å². The fraction of sp³-hybridized carbons (Fsp3) is 0.720. The second-order valence-electron chi connectivity index (χ2n) is 9.55. The summed E-state index contributed by atoms with van der Waals surface area (Å²) in [5.41, 5.74) is 0.897. The van der Waals surface area contributed by atoms with Crippen LogP contribution in [0.4, 0.5) is 22.0 Å². The highest BCUT2D eigenvalue weighted by Crippen LogP contribution is 2.42. The molecule has 0 spiro atoms. The predicted molar refractivity (Wildman–Crippen MR) is 112 cm³/mol. The second-order valence-corrected chi connectivity index (χ2v) is 9.55. The first-order valence-electron chi connectivity index (χ1n) is 11.9. The summed E-state index contributed by atoms with van der Waals surface area (Å²) >= 11 is 0. The van der Waals surface area contributed by atoms with Gasteiger partial charge >= 0.3 is 12.1 Å². The van der Waals surface area contributed by atoms with Crippen molar-refractivity contribution >= 4 is 5.97 Å². The lowest BCUT2D eigenvalue weighted by Gasteiger charge is -2.37. The Bertz CT molecular complexity index is 737. The average Bonchev–Trinajstić information content (AvgIpc) is 2.74. The van der Waals surface area contributed by atoms with Gasteiger partial charge in [0.05, 0.1) is 0 Å². The van der Waals surface area contributed by atoms with Crippen LogP contribution in [0.5, 0.6) is 0 Å². The summed E-state index contributed by atoms with van der Waals surface area (Å²) in [6.45, 7) is 1.98. The Morgan fingerprint density at radius 2 is 1.44 bits per heavy atom. The minimum atomic E-state index is -4.93. The molecule has 2 aliphatic rings. The van der Waals surface area contributed by atoms with Gasteiger partial charge in [0.2, 0.25) is 0 Å². The molecular weight excluding hydrogens is 427 g/mol. The Hall–Kier alpha value is -1.66. The van der Waals surface area contributed by atoms with Crippen LogP contribution in [-0.4, -0.2) is 18.2 Å². The maximum Gasteiger partial charge on any atom is 0.490 e. The van der Waals surface area contributed by atoms with Crippen molar-refractivity contribution in [2.24, 2.45) is 17.8 Å². The largest absolute Gasteiger partial charge is 0.490 e. The van der Waals surface area contributed by atoms with Gasteiger partial charge < -0.3 is 4.74 Å². The highest BCUT2D eigenvalue weighted by molar-refractivity contribution is 5.75. The minimum absolute atomic E-state index is 0.193. The highest BCUT2D eigenvalue weighted by Gasteiger charge is 2.43. The van der Waals surface area contributed by atoms with Crippen molar-refractivity contribution in [3.8, 4) is 0 Å². The van der Waals surface area contributed by atoms with Gasteiger partial charge in [0, 0.05) is 5.56 Å². The van der Waals surface area contributed by atoms with Crippen LogP contribution in [0.15, 0.2) is 12.1 Å². The molecule has 0 unspecified atom stereocenters. The smallest absolute Gasteiger partial charge is 0.456 e. The molecule has 32 heavy (non-hydrogen) atoms. The van der Waals surface area contributed by atoms with E-state index in [1.165, 1.54) is 12.1 Å². The van der Waals surface area contributed by atoms with Gasteiger partial charge in [0.1, 0.15) is 17.7 Å². The van der Waals surface area contributed by atoms with Gasteiger partial charge in [-0.3, -0.25) is 0 Å². The van der Waals surface area contributed by atoms with Crippen molar-refractivity contribution in [2.75, 3.05) is 0 Å². The summed E-state index contributed by atoms with van der Waals surface area (Å²) in [5, 5.41) is 0. The van der Waals surface area contributed by atoms with E-state index < -0.39 is 29.9 Å². The van der Waals surface area contributed by atoms with Crippen molar-refractivity contribution in [1.29, 1.82) is 0 Å². The Kier molecular flexibility index (Phi) is 8.56. The van der Waals surface area contributed by atoms with Crippen LogP contribution in [0.3, 0.4) is 0 Å². The van der Waals surface area contributed by atoms with Crippen molar-refractivity contribution < 1.29 is 31.5 Å². The molecule has 0 heterocycles. The standard InChI is InChI=1S/C25H33F5O2/c1-2-3-17-14-22(26)21(23(27)15-17)13-6-16-4-7-18(8-5-16)19-9-11-20(12-10-19)32-24(31)25(28,29)30/h14-16,18-20H,2-13H2,1H3. The summed E-state index contributed by atoms with van der Waals surface area (Å²) in [6, 6.07) is 2.92. The number of benzene rings is 1. The Balaban J connectivity index is 1.40. The van der Waals surface area contributed by atoms with Crippen molar-refractivity contribution in [1.82, 2.24) is 0 Å². The molecule has 0 aliphatic heterocycles. The Labute approximate surface area is 186 Å². The lowest BCUT2D eigenvalue weighted by Crippen LogP contribution is -2.34. The van der Waals surface area contributed by atoms with Gasteiger partial charge in [-0.15, -0.1) is 0 Å². The lowest BCUT2D eigenvalue weighted by atomic mass is 9.70. The number of aryl methyl sites for hydroxylation is 1. The van der Waals surface area contributed by atoms with Crippen LogP contribution in [0.25, 0.3) is 0 Å². The quantitative estimate of drug-likeness (QED) is 0.315. The number of ether oxygens (including phenoxy) is 1. The summed E-state index contributed by atoms with van der Waals surface area (Å²) < 4.78 is 70.3. The molecule has 180 valence electrons. The van der Waals surface area contributed by atoms with E-state index in [1.54, 1.807) is 0 Å². The van der Waals surface area contributed by atoms with Gasteiger partial charge in [0.15, 0.2) is 0 Å². The average molecular weight is 461 g/mol. The summed E-state index contributed by atoms with van der Waals surface area (Å²) in [6.07, 6.45) is 3.80. The Morgan fingerprint density at radius 3 is 1.94 bits per heavy atom. The van der Waals surface area contributed by atoms with Crippen LogP contribution in [0, 0.1) is 29.4 Å². The van der Waals surface area contributed by atoms with Crippen LogP contribution in [0.2, 0.25) is 0 Å². The molecule has 0 bridgehead atoms. The maximum atomic E-state index is 14.3. The zero-order valence-corrected chi connectivity index (χ0v) is 18.7. The van der Waals surface area contributed by atoms with Crippen LogP contribution in [-0.2, 0) is 22.4 Å². The van der Waals surface area contributed by atoms with Crippen LogP contribution < -0.4 is 0 Å². The van der Waals surface area contributed by atoms with Crippen molar-refractivity contribution in [3.05, 3.63) is 34.9 Å². The fourth-order valence-corrected chi connectivity index (χ4v) is 5.52. The Morgan fingerprint density at radius 1 is 0.906 bits per heavy atom. The number of esters is 1. The van der Waals surface area contributed by atoms with Crippen molar-refractivity contribution in [2.45, 2.75) is 96.3 Å². The van der Waals surface area contributed by atoms with E-state index in [-0.39, 0.29) is 5.56 Å². The third kappa shape index (κ3) is 6.67. The van der Waals surface area contributed by atoms with E-state index in [1.807, 2.05) is 6.92 Å². The monoisotopic (exact) mass is 460 g/mol. The summed E-state index contributed by atoms with van der Waals surface area (Å²) in [7, 11) is 0. The number of halogens is 5. The molecule has 2 aliphatic carbocycles. The number of alkyl halides is 3. The molecule has 0 aromatic heterocycles. The minimum Gasteiger partial charge on any atom is -0.456 e. The third-order valence-electron chi connectivity index (χ3n) is 7.32. The number of carbonyl (C=O) groups excluding carboxylic acids is 1. The maximum absolute atomic E-state index is 14.3. The second kappa shape index (κ2) is 11.0. The zero-order valence-electron chi connectivity index (χ0n) is 18.7. The number of carbonyl (C=O) groups is 1. The molecule has 0 radical (unpaired) electrons. The lowest BCUT2D eigenvalue weighted by molar-refractivity contribution is -0.206. The molecular formula is C25H33F5O2. The highest BCUT2D eigenvalue weighted by atomic mass is 19.4. The van der Waals surface area contributed by atoms with E-state index in [0.717, 1.165) is 51.4 Å². The molecule has 2 fully saturated rings. The first-order chi connectivity index (χ1) is 15.2. The fourth-order valence-electron chi connectivity index (χ4n) is 5.52. The number of rotatable bonds is 7. The van der Waals surface area contributed by atoms with E-state index in [9.17, 15) is 26.7 Å². The molecule has 0 amide bonds. The van der Waals surface area contributed by atoms with Gasteiger partial charge in [-0.2, -0.15) is 13.2 Å². The number of hydrogen-bond acceptors (Lipinski definition) is 2. The normalized spacial score (nSPS) is 26.7. The topological polar surface area (TPSA) is 26.3 Å². The van der Waals surface area contributed by atoms with E-state index in [4.69, 9.17) is 0 Å². The molecule has 3 rings (SSSR count). The molecule has 1 aromatic rings. The first kappa shape index (κ1) is 25.0. The van der Waals surface area contributed by atoms with Gasteiger partial charge in [-0.05, 0) is 93.2 Å². The molecule has 0 saturated heterocycles. The number of hydrogen-bond donors (Lipinski definition) is 0. The van der Waals surface area contributed by atoms with Gasteiger partial charge in [-0.25, -0.2) is 13.6 Å². The molecule has 0 atom stereocenters. The SMILES string of the molecule is CCCc1cc(F)c(CCC2CCC(C3CCC(OC(=O)C(F)(F)F)CC3)CC2)c(F)c1. The molecule has 1 aromatic carbocycles. The third-order valence-corrected chi connectivity index (χ3v) is 7.32. The summed E-state index contributed by atoms with van der Waals surface area (Å²) in [4.78, 5) is 11.0. The van der Waals surface area contributed by atoms with Crippen LogP contribution in [0.1, 0.15) is 82.3 Å². The first-order valence-corrected chi connectivity index (χ1v) is 11.9. The summed E-state index contributed by atoms with van der Waals surface area (Å²) in [5.74, 6) is -1.53. The zero-order chi connectivity index (χ0) is 23.3. The molecule has 7 heteroatoms. The van der Waals surface area contributed by atoms with Gasteiger partial charge in [0.25, 0.3) is 0 Å². The van der Waals surface area contributed by atoms with E-state index in [2.05, 4.69) is 4.74 Å². The predicted octanol–water partition coefficient (Wildman–Crippen LogP) is 7.32. The van der Waals surface area contributed by atoms with E-state index >= 15 is 0 Å². The van der Waals surface area contributed by atoms with Crippen molar-refractivity contribution in [3.63, 3.8) is 0 Å². The molecule has 0 N–H and O–H groups in total.